The molecule has 13 heavy (non-hydrogen) atoms. The third kappa shape index (κ3) is 3.06. The number of rotatable bonds is 3. The highest BCUT2D eigenvalue weighted by Gasteiger charge is 2.02. The second-order valence-corrected chi connectivity index (χ2v) is 2.85. The van der Waals surface area contributed by atoms with Crippen LogP contribution in [-0.2, 0) is 4.79 Å². The molecule has 0 bridgehead atoms. The van der Waals surface area contributed by atoms with Gasteiger partial charge in [-0.3, -0.25) is 4.79 Å². The van der Waals surface area contributed by atoms with Gasteiger partial charge in [0.25, 0.3) is 0 Å². The standard InChI is InChI=1S/C9H9BrO3/c1-12-7-3-2-4-8(5-7)13-9(11)6-10/h2-5H,6H2,1H3. The number of alkyl halides is 1. The van der Waals surface area contributed by atoms with Gasteiger partial charge in [-0.25, -0.2) is 0 Å². The number of carbonyl (C=O) groups excluding carboxylic acids is 1. The Bertz CT molecular complexity index is 299. The summed E-state index contributed by atoms with van der Waals surface area (Å²) in [7, 11) is 1.56. The molecule has 0 spiro atoms. The van der Waals surface area contributed by atoms with Gasteiger partial charge in [0.1, 0.15) is 16.8 Å². The van der Waals surface area contributed by atoms with Crippen molar-refractivity contribution in [3.05, 3.63) is 24.3 Å². The molecule has 0 atom stereocenters. The van der Waals surface area contributed by atoms with Gasteiger partial charge in [0, 0.05) is 6.07 Å². The molecular formula is C9H9BrO3. The summed E-state index contributed by atoms with van der Waals surface area (Å²) >= 11 is 3.00. The number of ether oxygens (including phenoxy) is 2. The Hall–Kier alpha value is -1.03. The minimum atomic E-state index is -0.326. The monoisotopic (exact) mass is 244 g/mol. The highest BCUT2D eigenvalue weighted by atomic mass is 79.9. The van der Waals surface area contributed by atoms with Crippen LogP contribution in [-0.4, -0.2) is 18.4 Å². The van der Waals surface area contributed by atoms with Gasteiger partial charge in [0.2, 0.25) is 0 Å². The summed E-state index contributed by atoms with van der Waals surface area (Å²) in [4.78, 5) is 10.9. The fourth-order valence-corrected chi connectivity index (χ4v) is 0.938. The van der Waals surface area contributed by atoms with Gasteiger partial charge in [-0.1, -0.05) is 22.0 Å². The smallest absolute Gasteiger partial charge is 0.321 e. The highest BCUT2D eigenvalue weighted by Crippen LogP contribution is 2.18. The zero-order valence-electron chi connectivity index (χ0n) is 7.12. The van der Waals surface area contributed by atoms with Crippen molar-refractivity contribution in [3.63, 3.8) is 0 Å². The van der Waals surface area contributed by atoms with E-state index in [0.29, 0.717) is 11.5 Å². The van der Waals surface area contributed by atoms with Gasteiger partial charge in [-0.05, 0) is 12.1 Å². The molecule has 1 aromatic carbocycles. The van der Waals surface area contributed by atoms with Crippen molar-refractivity contribution < 1.29 is 14.3 Å². The van der Waals surface area contributed by atoms with Crippen molar-refractivity contribution in [1.82, 2.24) is 0 Å². The Morgan fingerprint density at radius 2 is 2.15 bits per heavy atom. The summed E-state index contributed by atoms with van der Waals surface area (Å²) in [6.07, 6.45) is 0. The van der Waals surface area contributed by atoms with E-state index in [1.807, 2.05) is 0 Å². The van der Waals surface area contributed by atoms with Crippen LogP contribution in [0.1, 0.15) is 0 Å². The minimum Gasteiger partial charge on any atom is -0.497 e. The first-order valence-electron chi connectivity index (χ1n) is 3.67. The van der Waals surface area contributed by atoms with E-state index < -0.39 is 0 Å². The molecule has 0 aliphatic carbocycles. The Labute approximate surface area is 84.8 Å². The lowest BCUT2D eigenvalue weighted by Gasteiger charge is -2.03. The van der Waals surface area contributed by atoms with Crippen LogP contribution in [0.2, 0.25) is 0 Å². The normalized spacial score (nSPS) is 9.38. The summed E-state index contributed by atoms with van der Waals surface area (Å²) in [6, 6.07) is 6.89. The van der Waals surface area contributed by atoms with E-state index in [1.165, 1.54) is 0 Å². The molecule has 0 amide bonds. The van der Waals surface area contributed by atoms with Crippen molar-refractivity contribution in [2.24, 2.45) is 0 Å². The Kier molecular flexibility index (Phi) is 3.76. The number of carbonyl (C=O) groups is 1. The highest BCUT2D eigenvalue weighted by molar-refractivity contribution is 9.09. The Morgan fingerprint density at radius 1 is 1.46 bits per heavy atom. The third-order valence-electron chi connectivity index (χ3n) is 1.38. The van der Waals surface area contributed by atoms with Gasteiger partial charge in [0.15, 0.2) is 0 Å². The van der Waals surface area contributed by atoms with E-state index in [4.69, 9.17) is 9.47 Å². The van der Waals surface area contributed by atoms with Gasteiger partial charge < -0.3 is 9.47 Å². The molecule has 70 valence electrons. The average molecular weight is 245 g/mol. The van der Waals surface area contributed by atoms with Crippen LogP contribution in [0.5, 0.6) is 11.5 Å². The molecule has 0 heterocycles. The quantitative estimate of drug-likeness (QED) is 0.464. The zero-order valence-corrected chi connectivity index (χ0v) is 8.71. The first-order valence-corrected chi connectivity index (χ1v) is 4.79. The lowest BCUT2D eigenvalue weighted by Crippen LogP contribution is -2.08. The SMILES string of the molecule is COc1cccc(OC(=O)CBr)c1. The van der Waals surface area contributed by atoms with Gasteiger partial charge in [0.05, 0.1) is 7.11 Å². The molecule has 4 heteroatoms. The number of methoxy groups -OCH3 is 1. The lowest BCUT2D eigenvalue weighted by molar-refractivity contribution is -0.131. The molecule has 0 saturated heterocycles. The fraction of sp³-hybridized carbons (Fsp3) is 0.222. The molecular weight excluding hydrogens is 236 g/mol. The molecule has 3 nitrogen and oxygen atoms in total. The first-order chi connectivity index (χ1) is 6.26. The molecule has 0 aromatic heterocycles. The van der Waals surface area contributed by atoms with Gasteiger partial charge >= 0.3 is 5.97 Å². The van der Waals surface area contributed by atoms with Gasteiger partial charge in [-0.15, -0.1) is 0 Å². The van der Waals surface area contributed by atoms with Crippen molar-refractivity contribution >= 4 is 21.9 Å². The predicted molar refractivity (Wildman–Crippen MR) is 52.4 cm³/mol. The van der Waals surface area contributed by atoms with Crippen LogP contribution in [0.3, 0.4) is 0 Å². The molecule has 0 radical (unpaired) electrons. The van der Waals surface area contributed by atoms with Crippen LogP contribution >= 0.6 is 15.9 Å². The van der Waals surface area contributed by atoms with E-state index in [9.17, 15) is 4.79 Å². The molecule has 1 aromatic rings. The molecule has 0 aliphatic rings. The van der Waals surface area contributed by atoms with E-state index in [-0.39, 0.29) is 11.3 Å². The molecule has 0 unspecified atom stereocenters. The minimum absolute atomic E-state index is 0.185. The number of halogens is 1. The largest absolute Gasteiger partial charge is 0.497 e. The van der Waals surface area contributed by atoms with Crippen LogP contribution in [0.25, 0.3) is 0 Å². The first kappa shape index (κ1) is 10.1. The molecule has 0 fully saturated rings. The maximum atomic E-state index is 10.9. The average Bonchev–Trinajstić information content (AvgIpc) is 2.18. The summed E-state index contributed by atoms with van der Waals surface area (Å²) in [6.45, 7) is 0. The lowest BCUT2D eigenvalue weighted by atomic mass is 10.3. The third-order valence-corrected chi connectivity index (χ3v) is 1.84. The Morgan fingerprint density at radius 3 is 2.77 bits per heavy atom. The van der Waals surface area contributed by atoms with Crippen LogP contribution in [0, 0.1) is 0 Å². The molecule has 0 N–H and O–H groups in total. The van der Waals surface area contributed by atoms with Crippen LogP contribution < -0.4 is 9.47 Å². The predicted octanol–water partition coefficient (Wildman–Crippen LogP) is 2.00. The fourth-order valence-electron chi connectivity index (χ4n) is 0.823. The maximum Gasteiger partial charge on any atom is 0.321 e. The molecule has 0 saturated carbocycles. The van der Waals surface area contributed by atoms with Crippen LogP contribution in [0.4, 0.5) is 0 Å². The number of hydrogen-bond donors (Lipinski definition) is 0. The molecule has 1 rings (SSSR count). The second-order valence-electron chi connectivity index (χ2n) is 2.29. The second kappa shape index (κ2) is 4.87. The summed E-state index contributed by atoms with van der Waals surface area (Å²) < 4.78 is 9.91. The van der Waals surface area contributed by atoms with E-state index in [2.05, 4.69) is 15.9 Å². The van der Waals surface area contributed by atoms with Crippen molar-refractivity contribution in [3.8, 4) is 11.5 Å². The summed E-state index contributed by atoms with van der Waals surface area (Å²) in [5.74, 6) is 0.830. The van der Waals surface area contributed by atoms with Crippen molar-refractivity contribution in [2.45, 2.75) is 0 Å². The van der Waals surface area contributed by atoms with Crippen molar-refractivity contribution in [2.75, 3.05) is 12.4 Å². The zero-order chi connectivity index (χ0) is 9.68. The summed E-state index contributed by atoms with van der Waals surface area (Å²) in [5.41, 5.74) is 0. The van der Waals surface area contributed by atoms with E-state index in [0.717, 1.165) is 0 Å². The van der Waals surface area contributed by atoms with E-state index in [1.54, 1.807) is 31.4 Å². The number of benzene rings is 1. The number of hydrogen-bond acceptors (Lipinski definition) is 3. The maximum absolute atomic E-state index is 10.9. The Balaban J connectivity index is 2.71. The van der Waals surface area contributed by atoms with Crippen LogP contribution in [0.15, 0.2) is 24.3 Å². The summed E-state index contributed by atoms with van der Waals surface area (Å²) in [5, 5.41) is 0.185. The topological polar surface area (TPSA) is 35.5 Å². The van der Waals surface area contributed by atoms with E-state index >= 15 is 0 Å². The molecule has 0 aliphatic heterocycles. The van der Waals surface area contributed by atoms with Crippen molar-refractivity contribution in [1.29, 1.82) is 0 Å². The van der Waals surface area contributed by atoms with Gasteiger partial charge in [-0.2, -0.15) is 0 Å². The number of esters is 1.